The SMILES string of the molecule is CNCCC1CCN(C(=O)c2c(F)cccc2OC)CC1.Cl. The zero-order valence-corrected chi connectivity index (χ0v) is 13.9. The maximum Gasteiger partial charge on any atom is 0.260 e. The molecule has 1 aliphatic heterocycles. The van der Waals surface area contributed by atoms with Gasteiger partial charge in [-0.2, -0.15) is 0 Å². The summed E-state index contributed by atoms with van der Waals surface area (Å²) in [6.07, 6.45) is 3.08. The second kappa shape index (κ2) is 8.96. The van der Waals surface area contributed by atoms with Crippen LogP contribution in [0.1, 0.15) is 29.6 Å². The van der Waals surface area contributed by atoms with Crippen LogP contribution >= 0.6 is 12.4 Å². The third-order valence-electron chi connectivity index (χ3n) is 4.11. The number of hydrogen-bond acceptors (Lipinski definition) is 3. The molecule has 0 unspecified atom stereocenters. The van der Waals surface area contributed by atoms with Crippen molar-refractivity contribution in [2.45, 2.75) is 19.3 Å². The molecule has 2 rings (SSSR count). The summed E-state index contributed by atoms with van der Waals surface area (Å²) in [4.78, 5) is 14.2. The fourth-order valence-corrected chi connectivity index (χ4v) is 2.81. The van der Waals surface area contributed by atoms with E-state index in [-0.39, 0.29) is 23.9 Å². The summed E-state index contributed by atoms with van der Waals surface area (Å²) in [7, 11) is 3.40. The highest BCUT2D eigenvalue weighted by Crippen LogP contribution is 2.26. The van der Waals surface area contributed by atoms with E-state index in [1.165, 1.54) is 13.2 Å². The van der Waals surface area contributed by atoms with E-state index in [0.29, 0.717) is 24.8 Å². The van der Waals surface area contributed by atoms with Crippen LogP contribution in [-0.4, -0.2) is 44.6 Å². The topological polar surface area (TPSA) is 41.6 Å². The summed E-state index contributed by atoms with van der Waals surface area (Å²) in [5, 5.41) is 3.15. The third kappa shape index (κ3) is 4.34. The minimum absolute atomic E-state index is 0. The summed E-state index contributed by atoms with van der Waals surface area (Å²) in [6, 6.07) is 4.47. The summed E-state index contributed by atoms with van der Waals surface area (Å²) < 4.78 is 19.1. The molecule has 124 valence electrons. The number of halogens is 2. The van der Waals surface area contributed by atoms with Crippen molar-refractivity contribution < 1.29 is 13.9 Å². The number of methoxy groups -OCH3 is 1. The number of nitrogens with one attached hydrogen (secondary N) is 1. The molecule has 1 fully saturated rings. The molecule has 1 aromatic carbocycles. The molecule has 0 saturated carbocycles. The molecular weight excluding hydrogens is 307 g/mol. The van der Waals surface area contributed by atoms with Crippen molar-refractivity contribution >= 4 is 18.3 Å². The molecule has 1 saturated heterocycles. The Bertz CT molecular complexity index is 491. The highest BCUT2D eigenvalue weighted by molar-refractivity contribution is 5.97. The van der Waals surface area contributed by atoms with E-state index >= 15 is 0 Å². The Balaban J connectivity index is 0.00000242. The van der Waals surface area contributed by atoms with Gasteiger partial charge in [-0.05, 0) is 50.9 Å². The first-order valence-electron chi connectivity index (χ1n) is 7.43. The molecule has 0 atom stereocenters. The number of carbonyl (C=O) groups excluding carboxylic acids is 1. The highest BCUT2D eigenvalue weighted by Gasteiger charge is 2.27. The van der Waals surface area contributed by atoms with Gasteiger partial charge in [0.1, 0.15) is 17.1 Å². The first-order chi connectivity index (χ1) is 10.2. The van der Waals surface area contributed by atoms with Gasteiger partial charge in [0, 0.05) is 13.1 Å². The first kappa shape index (κ1) is 18.7. The van der Waals surface area contributed by atoms with E-state index in [1.54, 1.807) is 17.0 Å². The fourth-order valence-electron chi connectivity index (χ4n) is 2.81. The van der Waals surface area contributed by atoms with Gasteiger partial charge in [0.25, 0.3) is 5.91 Å². The molecule has 6 heteroatoms. The van der Waals surface area contributed by atoms with Crippen LogP contribution in [0.2, 0.25) is 0 Å². The minimum Gasteiger partial charge on any atom is -0.496 e. The van der Waals surface area contributed by atoms with Crippen LogP contribution in [0.25, 0.3) is 0 Å². The lowest BCUT2D eigenvalue weighted by Gasteiger charge is -2.32. The molecule has 1 heterocycles. The zero-order chi connectivity index (χ0) is 15.2. The number of likely N-dealkylation sites (tertiary alicyclic amines) is 1. The molecule has 0 bridgehead atoms. The number of piperidine rings is 1. The van der Waals surface area contributed by atoms with Gasteiger partial charge in [-0.3, -0.25) is 4.79 Å². The summed E-state index contributed by atoms with van der Waals surface area (Å²) >= 11 is 0. The van der Waals surface area contributed by atoms with Crippen molar-refractivity contribution in [3.8, 4) is 5.75 Å². The van der Waals surface area contributed by atoms with Crippen molar-refractivity contribution in [1.82, 2.24) is 10.2 Å². The Labute approximate surface area is 137 Å². The lowest BCUT2D eigenvalue weighted by atomic mass is 9.93. The predicted molar refractivity (Wildman–Crippen MR) is 87.4 cm³/mol. The molecular formula is C16H24ClFN2O2. The summed E-state index contributed by atoms with van der Waals surface area (Å²) in [5.41, 5.74) is 0.0497. The van der Waals surface area contributed by atoms with Crippen molar-refractivity contribution in [3.63, 3.8) is 0 Å². The molecule has 1 N–H and O–H groups in total. The minimum atomic E-state index is -0.517. The number of rotatable bonds is 5. The van der Waals surface area contributed by atoms with Gasteiger partial charge in [-0.1, -0.05) is 6.07 Å². The van der Waals surface area contributed by atoms with Crippen molar-refractivity contribution in [1.29, 1.82) is 0 Å². The fraction of sp³-hybridized carbons (Fsp3) is 0.562. The van der Waals surface area contributed by atoms with E-state index in [9.17, 15) is 9.18 Å². The van der Waals surface area contributed by atoms with Crippen molar-refractivity contribution in [3.05, 3.63) is 29.6 Å². The number of benzene rings is 1. The van der Waals surface area contributed by atoms with Crippen LogP contribution in [0.4, 0.5) is 4.39 Å². The summed E-state index contributed by atoms with van der Waals surface area (Å²) in [5.74, 6) is 0.162. The van der Waals surface area contributed by atoms with Gasteiger partial charge in [-0.25, -0.2) is 4.39 Å². The predicted octanol–water partition coefficient (Wildman–Crippen LogP) is 2.72. The van der Waals surface area contributed by atoms with Gasteiger partial charge in [0.05, 0.1) is 7.11 Å². The normalized spacial score (nSPS) is 15.3. The maximum absolute atomic E-state index is 13.9. The van der Waals surface area contributed by atoms with Crippen LogP contribution in [0.3, 0.4) is 0 Å². The van der Waals surface area contributed by atoms with E-state index in [0.717, 1.165) is 25.8 Å². The van der Waals surface area contributed by atoms with Gasteiger partial charge in [-0.15, -0.1) is 12.4 Å². The van der Waals surface area contributed by atoms with Gasteiger partial charge < -0.3 is 15.0 Å². The van der Waals surface area contributed by atoms with Crippen LogP contribution < -0.4 is 10.1 Å². The molecule has 4 nitrogen and oxygen atoms in total. The average molecular weight is 331 g/mol. The largest absolute Gasteiger partial charge is 0.496 e. The van der Waals surface area contributed by atoms with E-state index in [2.05, 4.69) is 5.32 Å². The lowest BCUT2D eigenvalue weighted by molar-refractivity contribution is 0.0679. The average Bonchev–Trinajstić information content (AvgIpc) is 2.52. The Morgan fingerprint density at radius 3 is 2.68 bits per heavy atom. The summed E-state index contributed by atoms with van der Waals surface area (Å²) in [6.45, 7) is 2.37. The Morgan fingerprint density at radius 1 is 1.41 bits per heavy atom. The second-order valence-electron chi connectivity index (χ2n) is 5.44. The zero-order valence-electron chi connectivity index (χ0n) is 13.1. The third-order valence-corrected chi connectivity index (χ3v) is 4.11. The molecule has 22 heavy (non-hydrogen) atoms. The first-order valence-corrected chi connectivity index (χ1v) is 7.43. The Kier molecular flexibility index (Phi) is 7.62. The number of hydrogen-bond donors (Lipinski definition) is 1. The number of ether oxygens (including phenoxy) is 1. The second-order valence-corrected chi connectivity index (χ2v) is 5.44. The number of nitrogens with zero attached hydrogens (tertiary/aromatic N) is 1. The molecule has 0 radical (unpaired) electrons. The Morgan fingerprint density at radius 2 is 2.09 bits per heavy atom. The quantitative estimate of drug-likeness (QED) is 0.902. The monoisotopic (exact) mass is 330 g/mol. The molecule has 0 spiro atoms. The van der Waals surface area contributed by atoms with E-state index < -0.39 is 5.82 Å². The van der Waals surface area contributed by atoms with Crippen LogP contribution in [0.15, 0.2) is 18.2 Å². The number of carbonyl (C=O) groups is 1. The molecule has 0 aromatic heterocycles. The van der Waals surface area contributed by atoms with Crippen LogP contribution in [0.5, 0.6) is 5.75 Å². The maximum atomic E-state index is 13.9. The lowest BCUT2D eigenvalue weighted by Crippen LogP contribution is -2.39. The molecule has 1 aliphatic rings. The number of amides is 1. The molecule has 0 aliphatic carbocycles. The van der Waals surface area contributed by atoms with Gasteiger partial charge in [0.2, 0.25) is 0 Å². The van der Waals surface area contributed by atoms with Crippen molar-refractivity contribution in [2.75, 3.05) is 33.8 Å². The molecule has 1 amide bonds. The van der Waals surface area contributed by atoms with E-state index in [4.69, 9.17) is 4.74 Å². The smallest absolute Gasteiger partial charge is 0.260 e. The van der Waals surface area contributed by atoms with Crippen LogP contribution in [0, 0.1) is 11.7 Å². The molecule has 1 aromatic rings. The Hall–Kier alpha value is -1.33. The van der Waals surface area contributed by atoms with Gasteiger partial charge in [0.15, 0.2) is 0 Å². The van der Waals surface area contributed by atoms with Gasteiger partial charge >= 0.3 is 0 Å². The van der Waals surface area contributed by atoms with Crippen molar-refractivity contribution in [2.24, 2.45) is 5.92 Å². The van der Waals surface area contributed by atoms with E-state index in [1.807, 2.05) is 7.05 Å². The standard InChI is InChI=1S/C16H23FN2O2.ClH/c1-18-9-6-12-7-10-19(11-8-12)16(20)15-13(17)4-3-5-14(15)21-2;/h3-5,12,18H,6-11H2,1-2H3;1H. The van der Waals surface area contributed by atoms with Crippen LogP contribution in [-0.2, 0) is 0 Å². The highest BCUT2D eigenvalue weighted by atomic mass is 35.5.